The van der Waals surface area contributed by atoms with Gasteiger partial charge in [0, 0.05) is 19.0 Å². The molecule has 1 aromatic rings. The van der Waals surface area contributed by atoms with Crippen molar-refractivity contribution < 1.29 is 15.0 Å². The molecular weight excluding hydrogens is 242 g/mol. The van der Waals surface area contributed by atoms with Crippen LogP contribution < -0.4 is 5.32 Å². The van der Waals surface area contributed by atoms with Crippen molar-refractivity contribution in [3.63, 3.8) is 0 Å². The molecule has 1 amide bonds. The van der Waals surface area contributed by atoms with Gasteiger partial charge in [0.2, 0.25) is 5.91 Å². The summed E-state index contributed by atoms with van der Waals surface area (Å²) in [6, 6.07) is 4.35. The van der Waals surface area contributed by atoms with Gasteiger partial charge in [-0.2, -0.15) is 0 Å². The van der Waals surface area contributed by atoms with Crippen molar-refractivity contribution in [1.29, 1.82) is 0 Å². The maximum absolute atomic E-state index is 11.5. The van der Waals surface area contributed by atoms with Crippen LogP contribution >= 0.6 is 0 Å². The largest absolute Gasteiger partial charge is 0.504 e. The number of phenolic OH excluding ortho intramolecular Hbond substituents is 2. The number of benzene rings is 1. The summed E-state index contributed by atoms with van der Waals surface area (Å²) in [5, 5.41) is 21.2. The van der Waals surface area contributed by atoms with E-state index in [2.05, 4.69) is 11.2 Å². The first kappa shape index (κ1) is 14.7. The SMILES string of the molecule is C#CCCCCNC(=O)/C=C/c1ccc(O)c(O)c1. The van der Waals surface area contributed by atoms with Crippen LogP contribution in [-0.2, 0) is 4.79 Å². The van der Waals surface area contributed by atoms with Crippen molar-refractivity contribution >= 4 is 12.0 Å². The van der Waals surface area contributed by atoms with Crippen LogP contribution in [0.15, 0.2) is 24.3 Å². The predicted octanol–water partition coefficient (Wildman–Crippen LogP) is 2.03. The number of terminal acetylenes is 1. The number of amides is 1. The first-order valence-electron chi connectivity index (χ1n) is 6.05. The molecule has 3 N–H and O–H groups in total. The van der Waals surface area contributed by atoms with Crippen molar-refractivity contribution in [2.24, 2.45) is 0 Å². The molecule has 0 bridgehead atoms. The average molecular weight is 259 g/mol. The normalized spacial score (nSPS) is 10.3. The summed E-state index contributed by atoms with van der Waals surface area (Å²) >= 11 is 0. The first-order chi connectivity index (χ1) is 9.13. The second-order valence-electron chi connectivity index (χ2n) is 4.03. The molecule has 0 spiro atoms. The molecule has 1 rings (SSSR count). The highest BCUT2D eigenvalue weighted by Gasteiger charge is 1.99. The van der Waals surface area contributed by atoms with Gasteiger partial charge in [-0.3, -0.25) is 4.79 Å². The highest BCUT2D eigenvalue weighted by molar-refractivity contribution is 5.91. The molecule has 0 saturated heterocycles. The number of nitrogens with one attached hydrogen (secondary N) is 1. The maximum Gasteiger partial charge on any atom is 0.243 e. The second kappa shape index (κ2) is 7.83. The van der Waals surface area contributed by atoms with Gasteiger partial charge in [-0.15, -0.1) is 12.3 Å². The molecule has 0 aliphatic heterocycles. The van der Waals surface area contributed by atoms with Gasteiger partial charge in [-0.1, -0.05) is 6.07 Å². The number of hydrogen-bond acceptors (Lipinski definition) is 3. The van der Waals surface area contributed by atoms with Crippen LogP contribution in [0, 0.1) is 12.3 Å². The third-order valence-electron chi connectivity index (χ3n) is 2.47. The Labute approximate surface area is 112 Å². The van der Waals surface area contributed by atoms with Crippen molar-refractivity contribution in [3.8, 4) is 23.8 Å². The van der Waals surface area contributed by atoms with E-state index >= 15 is 0 Å². The Balaban J connectivity index is 2.37. The number of unbranched alkanes of at least 4 members (excludes halogenated alkanes) is 2. The molecule has 0 fully saturated rings. The molecule has 0 aliphatic rings. The van der Waals surface area contributed by atoms with E-state index < -0.39 is 0 Å². The van der Waals surface area contributed by atoms with Crippen LogP contribution in [0.5, 0.6) is 11.5 Å². The minimum absolute atomic E-state index is 0.185. The molecular formula is C15H17NO3. The number of carbonyl (C=O) groups is 1. The zero-order valence-electron chi connectivity index (χ0n) is 10.6. The Morgan fingerprint density at radius 2 is 2.11 bits per heavy atom. The van der Waals surface area contributed by atoms with Crippen molar-refractivity contribution in [1.82, 2.24) is 5.32 Å². The Morgan fingerprint density at radius 3 is 2.79 bits per heavy atom. The molecule has 0 aliphatic carbocycles. The molecule has 4 nitrogen and oxygen atoms in total. The molecule has 4 heteroatoms. The molecule has 19 heavy (non-hydrogen) atoms. The Bertz CT molecular complexity index is 501. The zero-order chi connectivity index (χ0) is 14.1. The van der Waals surface area contributed by atoms with Crippen LogP contribution in [-0.4, -0.2) is 22.7 Å². The quantitative estimate of drug-likeness (QED) is 0.317. The van der Waals surface area contributed by atoms with E-state index in [1.54, 1.807) is 12.1 Å². The van der Waals surface area contributed by atoms with Gasteiger partial charge < -0.3 is 15.5 Å². The number of carbonyl (C=O) groups excluding carboxylic acids is 1. The average Bonchev–Trinajstić information content (AvgIpc) is 2.40. The van der Waals surface area contributed by atoms with Gasteiger partial charge in [-0.25, -0.2) is 0 Å². The smallest absolute Gasteiger partial charge is 0.243 e. The predicted molar refractivity (Wildman–Crippen MR) is 74.5 cm³/mol. The number of aromatic hydroxyl groups is 2. The number of rotatable bonds is 6. The first-order valence-corrected chi connectivity index (χ1v) is 6.05. The summed E-state index contributed by atoms with van der Waals surface area (Å²) in [6.45, 7) is 0.589. The lowest BCUT2D eigenvalue weighted by molar-refractivity contribution is -0.116. The molecule has 100 valence electrons. The summed E-state index contributed by atoms with van der Waals surface area (Å²) in [6.07, 6.45) is 10.5. The van der Waals surface area contributed by atoms with E-state index in [0.29, 0.717) is 12.1 Å². The van der Waals surface area contributed by atoms with Gasteiger partial charge in [0.25, 0.3) is 0 Å². The summed E-state index contributed by atoms with van der Waals surface area (Å²) in [7, 11) is 0. The summed E-state index contributed by atoms with van der Waals surface area (Å²) in [5.41, 5.74) is 0.637. The second-order valence-corrected chi connectivity index (χ2v) is 4.03. The van der Waals surface area contributed by atoms with E-state index in [1.165, 1.54) is 18.2 Å². The van der Waals surface area contributed by atoms with E-state index in [0.717, 1.165) is 19.3 Å². The van der Waals surface area contributed by atoms with Gasteiger partial charge >= 0.3 is 0 Å². The number of hydrogen-bond donors (Lipinski definition) is 3. The molecule has 0 saturated carbocycles. The van der Waals surface area contributed by atoms with Crippen LogP contribution in [0.1, 0.15) is 24.8 Å². The molecule has 0 aromatic heterocycles. The maximum atomic E-state index is 11.5. The molecule has 0 heterocycles. The van der Waals surface area contributed by atoms with Crippen molar-refractivity contribution in [2.75, 3.05) is 6.54 Å². The summed E-state index contributed by atoms with van der Waals surface area (Å²) in [5.74, 6) is 1.94. The van der Waals surface area contributed by atoms with Gasteiger partial charge in [-0.05, 0) is 36.6 Å². The Morgan fingerprint density at radius 1 is 1.32 bits per heavy atom. The molecule has 0 unspecified atom stereocenters. The van der Waals surface area contributed by atoms with E-state index in [9.17, 15) is 9.90 Å². The molecule has 0 radical (unpaired) electrons. The minimum Gasteiger partial charge on any atom is -0.504 e. The van der Waals surface area contributed by atoms with Crippen molar-refractivity contribution in [2.45, 2.75) is 19.3 Å². The minimum atomic E-state index is -0.211. The summed E-state index contributed by atoms with van der Waals surface area (Å²) in [4.78, 5) is 11.5. The van der Waals surface area contributed by atoms with E-state index in [4.69, 9.17) is 11.5 Å². The lowest BCUT2D eigenvalue weighted by atomic mass is 10.2. The number of phenols is 2. The summed E-state index contributed by atoms with van der Waals surface area (Å²) < 4.78 is 0. The lowest BCUT2D eigenvalue weighted by Gasteiger charge is -2.01. The topological polar surface area (TPSA) is 69.6 Å². The Hall–Kier alpha value is -2.41. The van der Waals surface area contributed by atoms with Crippen molar-refractivity contribution in [3.05, 3.63) is 29.8 Å². The van der Waals surface area contributed by atoms with E-state index in [1.807, 2.05) is 0 Å². The Kier molecular flexibility index (Phi) is 6.04. The third-order valence-corrected chi connectivity index (χ3v) is 2.47. The van der Waals surface area contributed by atoms with Crippen LogP contribution in [0.25, 0.3) is 6.08 Å². The van der Waals surface area contributed by atoms with Crippen LogP contribution in [0.3, 0.4) is 0 Å². The third kappa shape index (κ3) is 5.64. The zero-order valence-corrected chi connectivity index (χ0v) is 10.6. The highest BCUT2D eigenvalue weighted by atomic mass is 16.3. The monoisotopic (exact) mass is 259 g/mol. The molecule has 0 atom stereocenters. The fourth-order valence-electron chi connectivity index (χ4n) is 1.44. The standard InChI is InChI=1S/C15H17NO3/c1-2-3-4-5-10-16-15(19)9-7-12-6-8-13(17)14(18)11-12/h1,6-9,11,17-18H,3-5,10H2,(H,16,19)/b9-7+. The lowest BCUT2D eigenvalue weighted by Crippen LogP contribution is -2.21. The van der Waals surface area contributed by atoms with E-state index in [-0.39, 0.29) is 17.4 Å². The van der Waals surface area contributed by atoms with Gasteiger partial charge in [0.1, 0.15) is 0 Å². The van der Waals surface area contributed by atoms with Crippen LogP contribution in [0.2, 0.25) is 0 Å². The van der Waals surface area contributed by atoms with Gasteiger partial charge in [0.05, 0.1) is 0 Å². The molecule has 1 aromatic carbocycles. The highest BCUT2D eigenvalue weighted by Crippen LogP contribution is 2.25. The fraction of sp³-hybridized carbons (Fsp3) is 0.267. The van der Waals surface area contributed by atoms with Gasteiger partial charge in [0.15, 0.2) is 11.5 Å². The van der Waals surface area contributed by atoms with Crippen LogP contribution in [0.4, 0.5) is 0 Å². The fourth-order valence-corrected chi connectivity index (χ4v) is 1.44.